The lowest BCUT2D eigenvalue weighted by atomic mass is 10.2. The van der Waals surface area contributed by atoms with Crippen molar-refractivity contribution in [3.63, 3.8) is 0 Å². The Labute approximate surface area is 170 Å². The van der Waals surface area contributed by atoms with Gasteiger partial charge in [0.05, 0.1) is 26.3 Å². The molecule has 156 valence electrons. The van der Waals surface area contributed by atoms with E-state index in [2.05, 4.69) is 16.0 Å². The first-order chi connectivity index (χ1) is 13.9. The van der Waals surface area contributed by atoms with Crippen LogP contribution < -0.4 is 25.4 Å². The third-order valence-corrected chi connectivity index (χ3v) is 4.23. The number of carbonyl (C=O) groups excluding carboxylic acids is 1. The number of carbonyl (C=O) groups is 2. The van der Waals surface area contributed by atoms with Crippen molar-refractivity contribution >= 4 is 23.3 Å². The summed E-state index contributed by atoms with van der Waals surface area (Å²) in [7, 11) is 3.00. The van der Waals surface area contributed by atoms with E-state index in [1.54, 1.807) is 18.2 Å². The number of methoxy groups -OCH3 is 2. The Balaban J connectivity index is 1.88. The third-order valence-electron chi connectivity index (χ3n) is 4.23. The van der Waals surface area contributed by atoms with Crippen LogP contribution in [-0.2, 0) is 9.59 Å². The Morgan fingerprint density at radius 1 is 1.07 bits per heavy atom. The number of benzene rings is 2. The number of carboxylic acids is 1. The van der Waals surface area contributed by atoms with Gasteiger partial charge in [0, 0.05) is 24.8 Å². The predicted molar refractivity (Wildman–Crippen MR) is 112 cm³/mol. The molecular formula is C21H27N3O5. The molecule has 2 aromatic rings. The molecule has 2 rings (SSSR count). The molecule has 29 heavy (non-hydrogen) atoms. The van der Waals surface area contributed by atoms with Gasteiger partial charge in [-0.25, -0.2) is 0 Å². The minimum atomic E-state index is -1.09. The highest BCUT2D eigenvalue weighted by atomic mass is 16.5. The first-order valence-corrected chi connectivity index (χ1v) is 9.21. The molecule has 0 aromatic heterocycles. The SMILES string of the molecule is COc1ccc(OC)c(NC(=O)C[C@H](NCCNc2cccc(C)c2)C(=O)O)c1. The Kier molecular flexibility index (Phi) is 8.29. The topological polar surface area (TPSA) is 109 Å². The van der Waals surface area contributed by atoms with Crippen LogP contribution in [0.2, 0.25) is 0 Å². The molecule has 0 aliphatic heterocycles. The van der Waals surface area contributed by atoms with Crippen LogP contribution in [0.1, 0.15) is 12.0 Å². The number of nitrogens with one attached hydrogen (secondary N) is 3. The second kappa shape index (κ2) is 10.9. The van der Waals surface area contributed by atoms with E-state index in [4.69, 9.17) is 9.47 Å². The number of amides is 1. The fraction of sp³-hybridized carbons (Fsp3) is 0.333. The molecule has 0 aliphatic rings. The lowest BCUT2D eigenvalue weighted by Gasteiger charge is -2.16. The standard InChI is InChI=1S/C21H27N3O5/c1-14-5-4-6-15(11-14)22-9-10-23-18(21(26)27)13-20(25)24-17-12-16(28-2)7-8-19(17)29-3/h4-8,11-12,18,22-23H,9-10,13H2,1-3H3,(H,24,25)(H,26,27)/t18-/m0/s1. The minimum Gasteiger partial charge on any atom is -0.497 e. The van der Waals surface area contributed by atoms with E-state index in [1.807, 2.05) is 31.2 Å². The van der Waals surface area contributed by atoms with E-state index in [9.17, 15) is 14.7 Å². The van der Waals surface area contributed by atoms with E-state index in [-0.39, 0.29) is 6.42 Å². The summed E-state index contributed by atoms with van der Waals surface area (Å²) in [6.45, 7) is 2.92. The van der Waals surface area contributed by atoms with E-state index >= 15 is 0 Å². The molecule has 1 atom stereocenters. The van der Waals surface area contributed by atoms with Crippen molar-refractivity contribution in [2.24, 2.45) is 0 Å². The molecule has 0 aliphatic carbocycles. The molecular weight excluding hydrogens is 374 g/mol. The van der Waals surface area contributed by atoms with Gasteiger partial charge in [-0.05, 0) is 36.8 Å². The second-order valence-electron chi connectivity index (χ2n) is 6.46. The summed E-state index contributed by atoms with van der Waals surface area (Å²) in [6.07, 6.45) is -0.222. The Bertz CT molecular complexity index is 841. The Morgan fingerprint density at radius 2 is 1.86 bits per heavy atom. The van der Waals surface area contributed by atoms with Crippen LogP contribution in [0.15, 0.2) is 42.5 Å². The fourth-order valence-electron chi connectivity index (χ4n) is 2.75. The maximum absolute atomic E-state index is 12.4. The van der Waals surface area contributed by atoms with Gasteiger partial charge in [0.1, 0.15) is 17.5 Å². The average molecular weight is 401 g/mol. The smallest absolute Gasteiger partial charge is 0.321 e. The Morgan fingerprint density at radius 3 is 2.52 bits per heavy atom. The zero-order valence-corrected chi connectivity index (χ0v) is 16.8. The monoisotopic (exact) mass is 401 g/mol. The first-order valence-electron chi connectivity index (χ1n) is 9.21. The van der Waals surface area contributed by atoms with Crippen LogP contribution in [-0.4, -0.2) is 50.3 Å². The van der Waals surface area contributed by atoms with Gasteiger partial charge in [-0.1, -0.05) is 12.1 Å². The van der Waals surface area contributed by atoms with Crippen molar-refractivity contribution in [2.75, 3.05) is 37.9 Å². The number of rotatable bonds is 11. The molecule has 0 saturated carbocycles. The van der Waals surface area contributed by atoms with Gasteiger partial charge in [-0.15, -0.1) is 0 Å². The molecule has 8 nitrogen and oxygen atoms in total. The van der Waals surface area contributed by atoms with Gasteiger partial charge >= 0.3 is 5.97 Å². The van der Waals surface area contributed by atoms with Crippen LogP contribution >= 0.6 is 0 Å². The molecule has 8 heteroatoms. The van der Waals surface area contributed by atoms with Crippen LogP contribution in [0.3, 0.4) is 0 Å². The summed E-state index contributed by atoms with van der Waals surface area (Å²) < 4.78 is 10.4. The van der Waals surface area contributed by atoms with Crippen molar-refractivity contribution in [1.82, 2.24) is 5.32 Å². The summed E-state index contributed by atoms with van der Waals surface area (Å²) in [5.74, 6) is -0.519. The largest absolute Gasteiger partial charge is 0.497 e. The van der Waals surface area contributed by atoms with Gasteiger partial charge in [0.25, 0.3) is 0 Å². The lowest BCUT2D eigenvalue weighted by molar-refractivity contribution is -0.141. The van der Waals surface area contributed by atoms with Gasteiger partial charge in [0.2, 0.25) is 5.91 Å². The molecule has 0 fully saturated rings. The highest BCUT2D eigenvalue weighted by Crippen LogP contribution is 2.29. The number of aryl methyl sites for hydroxylation is 1. The van der Waals surface area contributed by atoms with Crippen LogP contribution in [0.25, 0.3) is 0 Å². The second-order valence-corrected chi connectivity index (χ2v) is 6.46. The molecule has 0 radical (unpaired) electrons. The zero-order chi connectivity index (χ0) is 21.2. The number of aliphatic carboxylic acids is 1. The van der Waals surface area contributed by atoms with Gasteiger partial charge in [-0.2, -0.15) is 0 Å². The first kappa shape index (κ1) is 22.0. The number of carboxylic acid groups (broad SMARTS) is 1. The van der Waals surface area contributed by atoms with Crippen molar-refractivity contribution in [3.8, 4) is 11.5 Å². The summed E-state index contributed by atoms with van der Waals surface area (Å²) in [5.41, 5.74) is 2.51. The highest BCUT2D eigenvalue weighted by Gasteiger charge is 2.21. The van der Waals surface area contributed by atoms with E-state index in [1.165, 1.54) is 14.2 Å². The van der Waals surface area contributed by atoms with Crippen molar-refractivity contribution in [1.29, 1.82) is 0 Å². The predicted octanol–water partition coefficient (Wildman–Crippen LogP) is 2.50. The van der Waals surface area contributed by atoms with Gasteiger partial charge < -0.3 is 30.5 Å². The van der Waals surface area contributed by atoms with E-state index in [0.29, 0.717) is 30.3 Å². The number of anilines is 2. The minimum absolute atomic E-state index is 0.222. The third kappa shape index (κ3) is 7.00. The molecule has 4 N–H and O–H groups in total. The number of hydrogen-bond acceptors (Lipinski definition) is 6. The number of ether oxygens (including phenoxy) is 2. The summed E-state index contributed by atoms with van der Waals surface area (Å²) in [6, 6.07) is 11.9. The molecule has 0 spiro atoms. The van der Waals surface area contributed by atoms with Crippen molar-refractivity contribution in [3.05, 3.63) is 48.0 Å². The molecule has 0 bridgehead atoms. The average Bonchev–Trinajstić information content (AvgIpc) is 2.70. The zero-order valence-electron chi connectivity index (χ0n) is 16.8. The van der Waals surface area contributed by atoms with E-state index < -0.39 is 17.9 Å². The molecule has 0 saturated heterocycles. The van der Waals surface area contributed by atoms with Crippen LogP contribution in [0.5, 0.6) is 11.5 Å². The lowest BCUT2D eigenvalue weighted by Crippen LogP contribution is -2.41. The highest BCUT2D eigenvalue weighted by molar-refractivity contribution is 5.95. The maximum Gasteiger partial charge on any atom is 0.321 e. The van der Waals surface area contributed by atoms with Crippen molar-refractivity contribution in [2.45, 2.75) is 19.4 Å². The number of hydrogen-bond donors (Lipinski definition) is 4. The normalized spacial score (nSPS) is 11.4. The van der Waals surface area contributed by atoms with Gasteiger partial charge in [0.15, 0.2) is 0 Å². The van der Waals surface area contributed by atoms with E-state index in [0.717, 1.165) is 11.3 Å². The quantitative estimate of drug-likeness (QED) is 0.428. The molecule has 0 unspecified atom stereocenters. The van der Waals surface area contributed by atoms with Crippen LogP contribution in [0, 0.1) is 6.92 Å². The molecule has 1 amide bonds. The maximum atomic E-state index is 12.4. The van der Waals surface area contributed by atoms with Gasteiger partial charge in [-0.3, -0.25) is 9.59 Å². The Hall–Kier alpha value is -3.26. The molecule has 2 aromatic carbocycles. The summed E-state index contributed by atoms with van der Waals surface area (Å²) in [4.78, 5) is 23.9. The van der Waals surface area contributed by atoms with Crippen molar-refractivity contribution < 1.29 is 24.2 Å². The molecule has 0 heterocycles. The fourth-order valence-corrected chi connectivity index (χ4v) is 2.75. The summed E-state index contributed by atoms with van der Waals surface area (Å²) >= 11 is 0. The van der Waals surface area contributed by atoms with Crippen LogP contribution in [0.4, 0.5) is 11.4 Å². The summed E-state index contributed by atoms with van der Waals surface area (Å²) in [5, 5.41) is 18.2.